The van der Waals surface area contributed by atoms with Crippen molar-refractivity contribution in [3.63, 3.8) is 0 Å². The summed E-state index contributed by atoms with van der Waals surface area (Å²) in [6.07, 6.45) is 1.09. The van der Waals surface area contributed by atoms with Crippen molar-refractivity contribution < 1.29 is 9.57 Å². The van der Waals surface area contributed by atoms with Crippen LogP contribution >= 0.6 is 0 Å². The van der Waals surface area contributed by atoms with Crippen molar-refractivity contribution in [2.24, 2.45) is 5.16 Å². The quantitative estimate of drug-likeness (QED) is 0.412. The van der Waals surface area contributed by atoms with Crippen LogP contribution in [0, 0.1) is 0 Å². The third-order valence-electron chi connectivity index (χ3n) is 1.14. The van der Waals surface area contributed by atoms with Gasteiger partial charge in [0, 0.05) is 13.8 Å². The van der Waals surface area contributed by atoms with E-state index in [0.29, 0.717) is 6.61 Å². The van der Waals surface area contributed by atoms with Crippen molar-refractivity contribution in [1.82, 2.24) is 0 Å². The molecule has 0 heterocycles. The van der Waals surface area contributed by atoms with E-state index in [1.807, 2.05) is 6.92 Å². The van der Waals surface area contributed by atoms with E-state index in [-0.39, 0.29) is 6.10 Å². The van der Waals surface area contributed by atoms with Crippen LogP contribution in [0.3, 0.4) is 0 Å². The first kappa shape index (κ1) is 8.43. The van der Waals surface area contributed by atoms with Gasteiger partial charge in [-0.15, -0.1) is 5.16 Å². The lowest BCUT2D eigenvalue weighted by molar-refractivity contribution is 0.00986. The molecule has 54 valence electrons. The zero-order valence-corrected chi connectivity index (χ0v) is 5.96. The van der Waals surface area contributed by atoms with Crippen molar-refractivity contribution in [1.29, 1.82) is 0 Å². The maximum atomic E-state index is 4.99. The highest BCUT2D eigenvalue weighted by Gasteiger charge is 2.02. The molecule has 3 nitrogen and oxygen atoms in total. The molecule has 1 unspecified atom stereocenters. The Morgan fingerprint density at radius 1 is 1.67 bits per heavy atom. The van der Waals surface area contributed by atoms with Gasteiger partial charge in [0.15, 0.2) is 0 Å². The van der Waals surface area contributed by atoms with Crippen LogP contribution in [0.2, 0.25) is 0 Å². The van der Waals surface area contributed by atoms with Gasteiger partial charge in [-0.1, -0.05) is 6.92 Å². The number of oxime groups is 1. The molecule has 0 bridgehead atoms. The fraction of sp³-hybridized carbons (Fsp3) is 0.833. The number of rotatable bonds is 5. The largest absolute Gasteiger partial charge is 0.394 e. The zero-order valence-electron chi connectivity index (χ0n) is 5.96. The Kier molecular flexibility index (Phi) is 5.21. The first-order valence-corrected chi connectivity index (χ1v) is 2.96. The van der Waals surface area contributed by atoms with Crippen LogP contribution in [0.25, 0.3) is 0 Å². The lowest BCUT2D eigenvalue weighted by atomic mass is 10.3. The summed E-state index contributed by atoms with van der Waals surface area (Å²) < 4.78 is 4.99. The molecule has 0 rings (SSSR count). The highest BCUT2D eigenvalue weighted by atomic mass is 16.6. The molecule has 0 aromatic rings. The van der Waals surface area contributed by atoms with E-state index in [1.54, 1.807) is 7.11 Å². The number of hydrogen-bond acceptors (Lipinski definition) is 3. The average molecular weight is 131 g/mol. The smallest absolute Gasteiger partial charge is 0.143 e. The Balaban J connectivity index is 3.19. The van der Waals surface area contributed by atoms with E-state index in [4.69, 9.17) is 4.74 Å². The van der Waals surface area contributed by atoms with E-state index >= 15 is 0 Å². The summed E-state index contributed by atoms with van der Waals surface area (Å²) in [6.45, 7) is 5.70. The van der Waals surface area contributed by atoms with E-state index in [1.165, 1.54) is 0 Å². The second-order valence-corrected chi connectivity index (χ2v) is 1.69. The van der Waals surface area contributed by atoms with Crippen molar-refractivity contribution in [3.05, 3.63) is 0 Å². The van der Waals surface area contributed by atoms with Crippen molar-refractivity contribution in [2.45, 2.75) is 19.4 Å². The molecule has 9 heavy (non-hydrogen) atoms. The van der Waals surface area contributed by atoms with Gasteiger partial charge in [0.05, 0.1) is 6.10 Å². The second kappa shape index (κ2) is 5.56. The van der Waals surface area contributed by atoms with Crippen LogP contribution in [0.5, 0.6) is 0 Å². The van der Waals surface area contributed by atoms with Gasteiger partial charge in [-0.2, -0.15) is 0 Å². The standard InChI is InChI=1S/C6H13NO2/c1-4-6(8-3)5-9-7-2/h6H,2,4-5H2,1,3H3. The molecule has 0 aromatic heterocycles. The molecule has 1 atom stereocenters. The Hall–Kier alpha value is -0.570. The average Bonchev–Trinajstić information content (AvgIpc) is 1.91. The van der Waals surface area contributed by atoms with Crippen LogP contribution in [0.15, 0.2) is 5.16 Å². The number of ether oxygens (including phenoxy) is 1. The van der Waals surface area contributed by atoms with E-state index < -0.39 is 0 Å². The van der Waals surface area contributed by atoms with E-state index in [2.05, 4.69) is 16.7 Å². The summed E-state index contributed by atoms with van der Waals surface area (Å²) in [7, 11) is 1.65. The first-order chi connectivity index (χ1) is 4.35. The lowest BCUT2D eigenvalue weighted by Crippen LogP contribution is -2.14. The molecule has 3 heteroatoms. The van der Waals surface area contributed by atoms with Gasteiger partial charge in [0.1, 0.15) is 6.61 Å². The van der Waals surface area contributed by atoms with Crippen LogP contribution in [-0.4, -0.2) is 26.5 Å². The third-order valence-corrected chi connectivity index (χ3v) is 1.14. The van der Waals surface area contributed by atoms with Gasteiger partial charge >= 0.3 is 0 Å². The van der Waals surface area contributed by atoms with Gasteiger partial charge in [-0.25, -0.2) is 0 Å². The molecule has 0 aromatic carbocycles. The molecule has 0 radical (unpaired) electrons. The molecule has 0 N–H and O–H groups in total. The summed E-state index contributed by atoms with van der Waals surface area (Å²) in [6, 6.07) is 0. The van der Waals surface area contributed by atoms with E-state index in [0.717, 1.165) is 6.42 Å². The monoisotopic (exact) mass is 131 g/mol. The van der Waals surface area contributed by atoms with Gasteiger partial charge < -0.3 is 9.57 Å². The Morgan fingerprint density at radius 3 is 2.67 bits per heavy atom. The van der Waals surface area contributed by atoms with Crippen LogP contribution in [0.1, 0.15) is 13.3 Å². The van der Waals surface area contributed by atoms with Crippen molar-refractivity contribution in [2.75, 3.05) is 13.7 Å². The molecular weight excluding hydrogens is 118 g/mol. The molecule has 0 saturated carbocycles. The molecule has 0 saturated heterocycles. The van der Waals surface area contributed by atoms with Gasteiger partial charge in [0.2, 0.25) is 0 Å². The Bertz CT molecular complexity index is 71.5. The van der Waals surface area contributed by atoms with Crippen molar-refractivity contribution >= 4 is 6.72 Å². The minimum Gasteiger partial charge on any atom is -0.394 e. The molecule has 0 aliphatic rings. The van der Waals surface area contributed by atoms with Crippen LogP contribution < -0.4 is 0 Å². The molecular formula is C6H13NO2. The summed E-state index contributed by atoms with van der Waals surface area (Å²) in [5, 5.41) is 3.24. The Morgan fingerprint density at radius 2 is 2.33 bits per heavy atom. The highest BCUT2D eigenvalue weighted by molar-refractivity contribution is 5.21. The molecule has 0 spiro atoms. The lowest BCUT2D eigenvalue weighted by Gasteiger charge is -2.09. The number of nitrogens with zero attached hydrogens (tertiary/aromatic N) is 1. The SMILES string of the molecule is C=NOCC(CC)OC. The fourth-order valence-electron chi connectivity index (χ4n) is 0.488. The first-order valence-electron chi connectivity index (χ1n) is 2.96. The fourth-order valence-corrected chi connectivity index (χ4v) is 0.488. The van der Waals surface area contributed by atoms with Crippen LogP contribution in [-0.2, 0) is 9.57 Å². The highest BCUT2D eigenvalue weighted by Crippen LogP contribution is 1.95. The molecule has 0 aliphatic carbocycles. The minimum atomic E-state index is 0.149. The van der Waals surface area contributed by atoms with E-state index in [9.17, 15) is 0 Å². The summed E-state index contributed by atoms with van der Waals surface area (Å²) in [5.74, 6) is 0. The van der Waals surface area contributed by atoms with Gasteiger partial charge in [-0.3, -0.25) is 0 Å². The maximum Gasteiger partial charge on any atom is 0.143 e. The predicted molar refractivity (Wildman–Crippen MR) is 36.6 cm³/mol. The molecule has 0 aliphatic heterocycles. The summed E-state index contributed by atoms with van der Waals surface area (Å²) >= 11 is 0. The minimum absolute atomic E-state index is 0.149. The summed E-state index contributed by atoms with van der Waals surface area (Å²) in [4.78, 5) is 4.67. The maximum absolute atomic E-state index is 4.99. The summed E-state index contributed by atoms with van der Waals surface area (Å²) in [5.41, 5.74) is 0. The predicted octanol–water partition coefficient (Wildman–Crippen LogP) is 1.04. The van der Waals surface area contributed by atoms with Gasteiger partial charge in [0.25, 0.3) is 0 Å². The normalized spacial score (nSPS) is 12.7. The van der Waals surface area contributed by atoms with Crippen molar-refractivity contribution in [3.8, 4) is 0 Å². The topological polar surface area (TPSA) is 30.8 Å². The van der Waals surface area contributed by atoms with Crippen LogP contribution in [0.4, 0.5) is 0 Å². The number of methoxy groups -OCH3 is 1. The zero-order chi connectivity index (χ0) is 7.11. The number of hydrogen-bond donors (Lipinski definition) is 0. The molecule has 0 fully saturated rings. The molecule has 0 amide bonds. The Labute approximate surface area is 55.6 Å². The third kappa shape index (κ3) is 3.97. The van der Waals surface area contributed by atoms with Gasteiger partial charge in [-0.05, 0) is 6.42 Å². The second-order valence-electron chi connectivity index (χ2n) is 1.69.